The number of aromatic hydroxyl groups is 1. The molecule has 1 aromatic heterocycles. The summed E-state index contributed by atoms with van der Waals surface area (Å²) in [6.45, 7) is 4.16. The number of carbonyl (C=O) groups excluding carboxylic acids is 2. The third-order valence-corrected chi connectivity index (χ3v) is 4.91. The molecule has 0 bridgehead atoms. The predicted octanol–water partition coefficient (Wildman–Crippen LogP) is 3.97. The number of phenols is 1. The van der Waals surface area contributed by atoms with E-state index in [-0.39, 0.29) is 24.1 Å². The number of allylic oxidation sites excluding steroid dienone is 1. The molecule has 2 aromatic carbocycles. The van der Waals surface area contributed by atoms with Gasteiger partial charge in [-0.05, 0) is 64.0 Å². The topological polar surface area (TPSA) is 91.3 Å². The molecule has 6 nitrogen and oxygen atoms in total. The van der Waals surface area contributed by atoms with E-state index in [4.69, 9.17) is 0 Å². The summed E-state index contributed by atoms with van der Waals surface area (Å²) in [5.74, 6) is -0.468. The zero-order chi connectivity index (χ0) is 21.5. The summed E-state index contributed by atoms with van der Waals surface area (Å²) in [5.41, 5.74) is 2.91. The van der Waals surface area contributed by atoms with Crippen molar-refractivity contribution in [2.24, 2.45) is 0 Å². The summed E-state index contributed by atoms with van der Waals surface area (Å²) in [6, 6.07) is 17.0. The van der Waals surface area contributed by atoms with E-state index >= 15 is 0 Å². The minimum atomic E-state index is -0.325. The van der Waals surface area contributed by atoms with Crippen molar-refractivity contribution in [1.29, 1.82) is 0 Å². The Hall–Kier alpha value is -3.45. The van der Waals surface area contributed by atoms with Crippen molar-refractivity contribution < 1.29 is 14.7 Å². The molecule has 7 heteroatoms. The molecule has 0 radical (unpaired) electrons. The second-order valence-corrected chi connectivity index (χ2v) is 7.46. The van der Waals surface area contributed by atoms with Gasteiger partial charge in [0, 0.05) is 40.6 Å². The third-order valence-electron chi connectivity index (χ3n) is 4.25. The van der Waals surface area contributed by atoms with Crippen LogP contribution in [0.15, 0.2) is 83.6 Å². The summed E-state index contributed by atoms with van der Waals surface area (Å²) >= 11 is 3.36. The van der Waals surface area contributed by atoms with Gasteiger partial charge in [0.25, 0.3) is 11.8 Å². The first-order chi connectivity index (χ1) is 14.4. The van der Waals surface area contributed by atoms with Crippen molar-refractivity contribution in [2.45, 2.75) is 13.0 Å². The highest BCUT2D eigenvalue weighted by Crippen LogP contribution is 2.19. The van der Waals surface area contributed by atoms with E-state index in [1.54, 1.807) is 48.7 Å². The fourth-order valence-corrected chi connectivity index (χ4v) is 3.34. The van der Waals surface area contributed by atoms with Crippen molar-refractivity contribution in [3.05, 3.63) is 106 Å². The number of nitrogens with one attached hydrogen (secondary N) is 2. The third kappa shape index (κ3) is 5.78. The highest BCUT2D eigenvalue weighted by molar-refractivity contribution is 9.10. The molecule has 3 rings (SSSR count). The number of hydrogen-bond donors (Lipinski definition) is 3. The van der Waals surface area contributed by atoms with Gasteiger partial charge in [0.2, 0.25) is 0 Å². The molecule has 0 saturated heterocycles. The Labute approximate surface area is 182 Å². The van der Waals surface area contributed by atoms with Crippen LogP contribution in [0.3, 0.4) is 0 Å². The standard InChI is InChI=1S/C23H20BrN3O3/c1-15(11-18-6-2-3-10-25-18)27-23(30)20-9-8-17(13-21(20)24)22(29)26-14-16-5-4-7-19(28)12-16/h2-10,12-13,28H,1,11,14H2,(H,26,29)(H,27,30). The number of nitrogens with zero attached hydrogens (tertiary/aromatic N) is 1. The molecule has 0 spiro atoms. The molecule has 2 amide bonds. The molecule has 0 fully saturated rings. The highest BCUT2D eigenvalue weighted by atomic mass is 79.9. The smallest absolute Gasteiger partial charge is 0.256 e. The van der Waals surface area contributed by atoms with Crippen LogP contribution in [0.4, 0.5) is 0 Å². The van der Waals surface area contributed by atoms with Crippen LogP contribution in [0, 0.1) is 0 Å². The fourth-order valence-electron chi connectivity index (χ4n) is 2.78. The van der Waals surface area contributed by atoms with Crippen LogP contribution < -0.4 is 10.6 Å². The van der Waals surface area contributed by atoms with Crippen LogP contribution in [-0.4, -0.2) is 21.9 Å². The Morgan fingerprint density at radius 2 is 1.87 bits per heavy atom. The Morgan fingerprint density at radius 1 is 1.03 bits per heavy atom. The number of carbonyl (C=O) groups is 2. The predicted molar refractivity (Wildman–Crippen MR) is 118 cm³/mol. The quantitative estimate of drug-likeness (QED) is 0.492. The summed E-state index contributed by atoms with van der Waals surface area (Å²) < 4.78 is 0.496. The van der Waals surface area contributed by atoms with E-state index in [9.17, 15) is 14.7 Å². The largest absolute Gasteiger partial charge is 0.508 e. The molecule has 30 heavy (non-hydrogen) atoms. The van der Waals surface area contributed by atoms with Crippen molar-refractivity contribution >= 4 is 27.7 Å². The number of aromatic nitrogens is 1. The zero-order valence-electron chi connectivity index (χ0n) is 16.1. The van der Waals surface area contributed by atoms with Gasteiger partial charge < -0.3 is 15.7 Å². The first-order valence-corrected chi connectivity index (χ1v) is 9.96. The van der Waals surface area contributed by atoms with Crippen LogP contribution in [0.1, 0.15) is 32.0 Å². The van der Waals surface area contributed by atoms with Gasteiger partial charge in [-0.15, -0.1) is 0 Å². The van der Waals surface area contributed by atoms with Gasteiger partial charge in [-0.3, -0.25) is 14.6 Å². The second-order valence-electron chi connectivity index (χ2n) is 6.60. The Bertz CT molecular complexity index is 1080. The van der Waals surface area contributed by atoms with E-state index in [0.29, 0.717) is 27.7 Å². The minimum absolute atomic E-state index is 0.143. The average molecular weight is 466 g/mol. The average Bonchev–Trinajstić information content (AvgIpc) is 2.72. The van der Waals surface area contributed by atoms with E-state index in [1.807, 2.05) is 18.2 Å². The lowest BCUT2D eigenvalue weighted by molar-refractivity contribution is 0.0943. The molecule has 0 aliphatic rings. The van der Waals surface area contributed by atoms with Gasteiger partial charge >= 0.3 is 0 Å². The monoisotopic (exact) mass is 465 g/mol. The van der Waals surface area contributed by atoms with Gasteiger partial charge in [-0.2, -0.15) is 0 Å². The highest BCUT2D eigenvalue weighted by Gasteiger charge is 2.14. The maximum absolute atomic E-state index is 12.5. The van der Waals surface area contributed by atoms with Crippen LogP contribution in [0.25, 0.3) is 0 Å². The van der Waals surface area contributed by atoms with Gasteiger partial charge in [0.05, 0.1) is 5.56 Å². The maximum Gasteiger partial charge on any atom is 0.256 e. The molecule has 0 unspecified atom stereocenters. The number of pyridine rings is 1. The Kier molecular flexibility index (Phi) is 6.98. The van der Waals surface area contributed by atoms with E-state index < -0.39 is 0 Å². The molecule has 3 N–H and O–H groups in total. The number of benzene rings is 2. The number of rotatable bonds is 7. The molecule has 3 aromatic rings. The molecule has 0 aliphatic carbocycles. The van der Waals surface area contributed by atoms with Gasteiger partial charge in [-0.1, -0.05) is 24.8 Å². The van der Waals surface area contributed by atoms with Gasteiger partial charge in [0.1, 0.15) is 5.75 Å². The van der Waals surface area contributed by atoms with Crippen LogP contribution in [0.5, 0.6) is 5.75 Å². The number of amides is 2. The van der Waals surface area contributed by atoms with E-state index in [0.717, 1.165) is 11.3 Å². The lowest BCUT2D eigenvalue weighted by atomic mass is 10.1. The number of hydrogen-bond acceptors (Lipinski definition) is 4. The Morgan fingerprint density at radius 3 is 2.57 bits per heavy atom. The number of halogens is 1. The van der Waals surface area contributed by atoms with Crippen LogP contribution in [-0.2, 0) is 13.0 Å². The molecule has 1 heterocycles. The minimum Gasteiger partial charge on any atom is -0.508 e. The molecule has 0 saturated carbocycles. The summed E-state index contributed by atoms with van der Waals surface area (Å²) in [5, 5.41) is 15.0. The maximum atomic E-state index is 12.5. The molecular weight excluding hydrogens is 446 g/mol. The first-order valence-electron chi connectivity index (χ1n) is 9.17. The van der Waals surface area contributed by atoms with E-state index in [2.05, 4.69) is 38.1 Å². The van der Waals surface area contributed by atoms with Crippen molar-refractivity contribution in [3.63, 3.8) is 0 Å². The molecule has 0 atom stereocenters. The molecule has 0 aliphatic heterocycles. The summed E-state index contributed by atoms with van der Waals surface area (Å²) in [6.07, 6.45) is 2.12. The van der Waals surface area contributed by atoms with Crippen molar-refractivity contribution in [1.82, 2.24) is 15.6 Å². The SMILES string of the molecule is C=C(Cc1ccccn1)NC(=O)c1ccc(C(=O)NCc2cccc(O)c2)cc1Br. The summed E-state index contributed by atoms with van der Waals surface area (Å²) in [4.78, 5) is 29.2. The van der Waals surface area contributed by atoms with Gasteiger partial charge in [-0.25, -0.2) is 0 Å². The van der Waals surface area contributed by atoms with Crippen LogP contribution in [0.2, 0.25) is 0 Å². The number of phenolic OH excluding ortho intramolecular Hbond substituents is 1. The molecule has 152 valence electrons. The normalized spacial score (nSPS) is 10.3. The lowest BCUT2D eigenvalue weighted by Crippen LogP contribution is -2.25. The van der Waals surface area contributed by atoms with Gasteiger partial charge in [0.15, 0.2) is 0 Å². The summed E-state index contributed by atoms with van der Waals surface area (Å²) in [7, 11) is 0. The molecular formula is C23H20BrN3O3. The Balaban J connectivity index is 1.60. The van der Waals surface area contributed by atoms with Crippen LogP contribution >= 0.6 is 15.9 Å². The van der Waals surface area contributed by atoms with Crippen molar-refractivity contribution in [3.8, 4) is 5.75 Å². The van der Waals surface area contributed by atoms with E-state index in [1.165, 1.54) is 0 Å². The second kappa shape index (κ2) is 9.84. The zero-order valence-corrected chi connectivity index (χ0v) is 17.6. The van der Waals surface area contributed by atoms with Crippen molar-refractivity contribution in [2.75, 3.05) is 0 Å². The fraction of sp³-hybridized carbons (Fsp3) is 0.0870. The first kappa shape index (κ1) is 21.3. The lowest BCUT2D eigenvalue weighted by Gasteiger charge is -2.11.